The molecular formula is C14H20F4O4S. The Morgan fingerprint density at radius 2 is 1.74 bits per heavy atom. The van der Waals surface area contributed by atoms with E-state index in [1.54, 1.807) is 0 Å². The Balaban J connectivity index is 1.63. The van der Waals surface area contributed by atoms with Crippen LogP contribution in [-0.4, -0.2) is 38.6 Å². The van der Waals surface area contributed by atoms with Gasteiger partial charge in [0.25, 0.3) is 0 Å². The van der Waals surface area contributed by atoms with Crippen molar-refractivity contribution in [1.82, 2.24) is 0 Å². The number of thiol groups is 1. The fraction of sp³-hybridized carbons (Fsp3) is 1.00. The van der Waals surface area contributed by atoms with E-state index in [4.69, 9.17) is 9.47 Å². The highest BCUT2D eigenvalue weighted by Crippen LogP contribution is 2.58. The van der Waals surface area contributed by atoms with Gasteiger partial charge in [-0.2, -0.15) is 17.6 Å². The predicted octanol–water partition coefficient (Wildman–Crippen LogP) is 2.78. The van der Waals surface area contributed by atoms with E-state index in [-0.39, 0.29) is 31.2 Å². The Hall–Kier alpha value is -0.410. The molecule has 0 aromatic heterocycles. The van der Waals surface area contributed by atoms with Crippen LogP contribution in [0.25, 0.3) is 0 Å². The molecule has 2 bridgehead atoms. The first-order chi connectivity index (χ1) is 10.7. The molecule has 1 saturated heterocycles. The molecule has 134 valence electrons. The summed E-state index contributed by atoms with van der Waals surface area (Å²) in [6, 6.07) is 0. The van der Waals surface area contributed by atoms with Crippen molar-refractivity contribution < 1.29 is 35.5 Å². The van der Waals surface area contributed by atoms with E-state index in [2.05, 4.69) is 0 Å². The highest BCUT2D eigenvalue weighted by Gasteiger charge is 2.68. The van der Waals surface area contributed by atoms with Crippen LogP contribution in [0.5, 0.6) is 0 Å². The lowest BCUT2D eigenvalue weighted by atomic mass is 9.82. The van der Waals surface area contributed by atoms with Crippen LogP contribution in [-0.2, 0) is 20.2 Å². The van der Waals surface area contributed by atoms with Gasteiger partial charge in [0.2, 0.25) is 10.7 Å². The molecule has 3 fully saturated rings. The number of ether oxygens (including phenoxy) is 2. The molecule has 0 spiro atoms. The van der Waals surface area contributed by atoms with E-state index in [9.17, 15) is 26.0 Å². The van der Waals surface area contributed by atoms with Crippen LogP contribution in [0.15, 0.2) is 0 Å². The van der Waals surface area contributed by atoms with Crippen LogP contribution < -0.4 is 0 Å². The molecule has 2 aliphatic carbocycles. The normalized spacial score (nSPS) is 38.4. The molecule has 3 aliphatic rings. The maximum Gasteiger partial charge on any atom is 0.404 e. The number of hydrogen-bond donors (Lipinski definition) is 1. The molecule has 3 rings (SSSR count). The summed E-state index contributed by atoms with van der Waals surface area (Å²) in [5, 5.41) is -5.00. The minimum absolute atomic E-state index is 0.131. The van der Waals surface area contributed by atoms with Gasteiger partial charge in [-0.25, -0.2) is 8.42 Å². The lowest BCUT2D eigenvalue weighted by Crippen LogP contribution is -2.50. The second-order valence-corrected chi connectivity index (χ2v) is 7.80. The van der Waals surface area contributed by atoms with Crippen molar-refractivity contribution in [3.05, 3.63) is 0 Å². The molecule has 0 radical (unpaired) electrons. The molecule has 0 aromatic rings. The summed E-state index contributed by atoms with van der Waals surface area (Å²) in [6.07, 6.45) is 2.60. The molecule has 1 heterocycles. The molecule has 5 unspecified atom stereocenters. The van der Waals surface area contributed by atoms with Gasteiger partial charge in [-0.3, -0.25) is 0 Å². The first kappa shape index (κ1) is 17.4. The molecule has 0 N–H and O–H groups in total. The molecule has 4 nitrogen and oxygen atoms in total. The van der Waals surface area contributed by atoms with Crippen molar-refractivity contribution in [1.29, 1.82) is 0 Å². The van der Waals surface area contributed by atoms with E-state index in [1.807, 2.05) is 0 Å². The van der Waals surface area contributed by atoms with Gasteiger partial charge in [-0.05, 0) is 50.4 Å². The summed E-state index contributed by atoms with van der Waals surface area (Å²) in [7, 11) is -4.52. The zero-order valence-electron chi connectivity index (χ0n) is 12.4. The van der Waals surface area contributed by atoms with Gasteiger partial charge < -0.3 is 9.47 Å². The second kappa shape index (κ2) is 6.15. The quantitative estimate of drug-likeness (QED) is 0.605. The third-order valence-electron chi connectivity index (χ3n) is 5.35. The summed E-state index contributed by atoms with van der Waals surface area (Å²) < 4.78 is 87.1. The highest BCUT2D eigenvalue weighted by atomic mass is 32.2. The third kappa shape index (κ3) is 3.00. The van der Waals surface area contributed by atoms with Crippen molar-refractivity contribution in [2.45, 2.75) is 62.1 Å². The zero-order valence-corrected chi connectivity index (χ0v) is 13.3. The van der Waals surface area contributed by atoms with Crippen molar-refractivity contribution in [2.24, 2.45) is 17.8 Å². The number of halogens is 4. The van der Waals surface area contributed by atoms with E-state index < -0.39 is 33.7 Å². The summed E-state index contributed by atoms with van der Waals surface area (Å²) >= 11 is 0. The SMILES string of the molecule is O=[SH](=O)C(F)(F)C(F)(F)C1CC2CC1CC2OC1CCCCO1. The molecule has 0 aromatic carbocycles. The number of alkyl halides is 4. The maximum absolute atomic E-state index is 14.0. The first-order valence-electron chi connectivity index (χ1n) is 7.90. The van der Waals surface area contributed by atoms with Crippen LogP contribution in [0.3, 0.4) is 0 Å². The van der Waals surface area contributed by atoms with Crippen molar-refractivity contribution in [3.63, 3.8) is 0 Å². The lowest BCUT2D eigenvalue weighted by Gasteiger charge is -2.36. The molecule has 9 heteroatoms. The number of fused-ring (bicyclic) bond motifs is 2. The van der Waals surface area contributed by atoms with E-state index >= 15 is 0 Å². The summed E-state index contributed by atoms with van der Waals surface area (Å²) in [6.45, 7) is 0.606. The van der Waals surface area contributed by atoms with E-state index in [0.717, 1.165) is 19.3 Å². The topological polar surface area (TPSA) is 52.6 Å². The Kier molecular flexibility index (Phi) is 4.65. The van der Waals surface area contributed by atoms with Crippen LogP contribution in [0.4, 0.5) is 17.6 Å². The molecule has 2 saturated carbocycles. The van der Waals surface area contributed by atoms with E-state index in [1.165, 1.54) is 0 Å². The monoisotopic (exact) mass is 360 g/mol. The number of rotatable bonds is 5. The Morgan fingerprint density at radius 1 is 1.00 bits per heavy atom. The zero-order chi connectivity index (χ0) is 16.8. The van der Waals surface area contributed by atoms with Gasteiger partial charge in [-0.1, -0.05) is 0 Å². The Bertz CT molecular complexity index is 511. The fourth-order valence-electron chi connectivity index (χ4n) is 4.19. The summed E-state index contributed by atoms with van der Waals surface area (Å²) in [5.74, 6) is -7.01. The molecular weight excluding hydrogens is 340 g/mol. The van der Waals surface area contributed by atoms with E-state index in [0.29, 0.717) is 13.0 Å². The summed E-state index contributed by atoms with van der Waals surface area (Å²) in [5.41, 5.74) is 0. The molecule has 0 amide bonds. The van der Waals surface area contributed by atoms with Crippen LogP contribution >= 0.6 is 0 Å². The molecule has 5 atom stereocenters. The largest absolute Gasteiger partial charge is 0.404 e. The van der Waals surface area contributed by atoms with Gasteiger partial charge in [0.15, 0.2) is 6.29 Å². The Morgan fingerprint density at radius 3 is 2.26 bits per heavy atom. The second-order valence-electron chi connectivity index (χ2n) is 6.73. The maximum atomic E-state index is 14.0. The molecule has 23 heavy (non-hydrogen) atoms. The van der Waals surface area contributed by atoms with Gasteiger partial charge in [0, 0.05) is 12.5 Å². The standard InChI is InChI=1S/C14H20F4O4S/c15-13(16,14(17,18)23(19)20)10-6-9-5-8(10)7-11(9)22-12-3-1-2-4-21-12/h8-12,23H,1-7H2. The van der Waals surface area contributed by atoms with Gasteiger partial charge in [0.05, 0.1) is 6.10 Å². The minimum atomic E-state index is -5.00. The first-order valence-corrected chi connectivity index (χ1v) is 9.08. The number of hydrogen-bond acceptors (Lipinski definition) is 4. The fourth-order valence-corrected chi connectivity index (χ4v) is 4.60. The van der Waals surface area contributed by atoms with Crippen LogP contribution in [0.2, 0.25) is 0 Å². The minimum Gasteiger partial charge on any atom is -0.353 e. The average Bonchev–Trinajstić information content (AvgIpc) is 3.08. The highest BCUT2D eigenvalue weighted by molar-refractivity contribution is 7.73. The lowest BCUT2D eigenvalue weighted by molar-refractivity contribution is -0.219. The van der Waals surface area contributed by atoms with Crippen LogP contribution in [0, 0.1) is 17.8 Å². The van der Waals surface area contributed by atoms with Crippen molar-refractivity contribution >= 4 is 10.7 Å². The average molecular weight is 360 g/mol. The Labute approximate surface area is 133 Å². The van der Waals surface area contributed by atoms with Gasteiger partial charge in [0.1, 0.15) is 0 Å². The van der Waals surface area contributed by atoms with Crippen LogP contribution in [0.1, 0.15) is 38.5 Å². The smallest absolute Gasteiger partial charge is 0.353 e. The predicted molar refractivity (Wildman–Crippen MR) is 73.0 cm³/mol. The third-order valence-corrected chi connectivity index (χ3v) is 6.11. The van der Waals surface area contributed by atoms with Crippen molar-refractivity contribution in [3.8, 4) is 0 Å². The van der Waals surface area contributed by atoms with Gasteiger partial charge in [-0.15, -0.1) is 0 Å². The van der Waals surface area contributed by atoms with Crippen molar-refractivity contribution in [2.75, 3.05) is 6.61 Å². The summed E-state index contributed by atoms with van der Waals surface area (Å²) in [4.78, 5) is 0. The van der Waals surface area contributed by atoms with Gasteiger partial charge >= 0.3 is 11.2 Å². The molecule has 1 aliphatic heterocycles.